The second kappa shape index (κ2) is 6.24. The number of halogens is 4. The number of ether oxygens (including phenoxy) is 1. The van der Waals surface area contributed by atoms with Gasteiger partial charge in [0, 0.05) is 15.7 Å². The molecule has 2 N–H and O–H groups in total. The fraction of sp³-hybridized carbons (Fsp3) is 0.0769. The highest BCUT2D eigenvalue weighted by Gasteiger charge is 2.10. The van der Waals surface area contributed by atoms with Crippen LogP contribution >= 0.6 is 47.8 Å². The van der Waals surface area contributed by atoms with Gasteiger partial charge in [0.05, 0.1) is 8.95 Å². The summed E-state index contributed by atoms with van der Waals surface area (Å²) in [5, 5.41) is 0. The van der Waals surface area contributed by atoms with Crippen LogP contribution in [0.3, 0.4) is 0 Å². The summed E-state index contributed by atoms with van der Waals surface area (Å²) >= 11 is 10.2. The quantitative estimate of drug-likeness (QED) is 0.642. The topological polar surface area (TPSA) is 35.2 Å². The van der Waals surface area contributed by atoms with Gasteiger partial charge in [-0.05, 0) is 62.2 Å². The molecule has 0 fully saturated rings. The third kappa shape index (κ3) is 3.70. The van der Waals surface area contributed by atoms with Gasteiger partial charge in [-0.25, -0.2) is 4.39 Å². The first-order valence-electron chi connectivity index (χ1n) is 5.28. The second-order valence-corrected chi connectivity index (χ2v) is 6.45. The van der Waals surface area contributed by atoms with Crippen LogP contribution in [0, 0.1) is 5.82 Å². The molecule has 0 aliphatic carbocycles. The predicted octanol–water partition coefficient (Wildman–Crippen LogP) is 5.27. The van der Waals surface area contributed by atoms with Crippen molar-refractivity contribution in [1.82, 2.24) is 0 Å². The minimum atomic E-state index is -0.332. The smallest absolute Gasteiger partial charge is 0.148 e. The largest absolute Gasteiger partial charge is 0.486 e. The highest BCUT2D eigenvalue weighted by atomic mass is 79.9. The number of rotatable bonds is 3. The van der Waals surface area contributed by atoms with E-state index >= 15 is 0 Å². The van der Waals surface area contributed by atoms with Crippen molar-refractivity contribution < 1.29 is 9.13 Å². The second-order valence-electron chi connectivity index (χ2n) is 3.83. The van der Waals surface area contributed by atoms with Crippen molar-refractivity contribution in [2.45, 2.75) is 6.61 Å². The van der Waals surface area contributed by atoms with Gasteiger partial charge in [-0.2, -0.15) is 0 Å². The van der Waals surface area contributed by atoms with Gasteiger partial charge in [0.25, 0.3) is 0 Å². The third-order valence-corrected chi connectivity index (χ3v) is 4.08. The fourth-order valence-electron chi connectivity index (χ4n) is 1.52. The molecule has 100 valence electrons. The summed E-state index contributed by atoms with van der Waals surface area (Å²) in [6.07, 6.45) is 0. The lowest BCUT2D eigenvalue weighted by molar-refractivity contribution is 0.302. The molecule has 19 heavy (non-hydrogen) atoms. The number of hydrogen-bond donors (Lipinski definition) is 1. The molecule has 0 bridgehead atoms. The van der Waals surface area contributed by atoms with Gasteiger partial charge in [0.1, 0.15) is 18.2 Å². The Balaban J connectivity index is 2.21. The first-order chi connectivity index (χ1) is 8.97. The van der Waals surface area contributed by atoms with Gasteiger partial charge in [-0.3, -0.25) is 0 Å². The first kappa shape index (κ1) is 14.8. The summed E-state index contributed by atoms with van der Waals surface area (Å²) in [6, 6.07) is 7.96. The van der Waals surface area contributed by atoms with E-state index in [1.807, 2.05) is 12.1 Å². The van der Waals surface area contributed by atoms with Crippen molar-refractivity contribution in [3.8, 4) is 5.75 Å². The summed E-state index contributed by atoms with van der Waals surface area (Å²) in [5.41, 5.74) is 6.89. The van der Waals surface area contributed by atoms with Crippen LogP contribution in [0.25, 0.3) is 0 Å². The first-order valence-corrected chi connectivity index (χ1v) is 7.66. The maximum Gasteiger partial charge on any atom is 0.148 e. The standard InChI is InChI=1S/C13H9Br3FNO/c14-8-4-10(15)13(11(16)5-8)19-6-7-3-9(17)1-2-12(7)18/h1-5H,6,18H2. The van der Waals surface area contributed by atoms with E-state index in [9.17, 15) is 4.39 Å². The Morgan fingerprint density at radius 1 is 1.05 bits per heavy atom. The van der Waals surface area contributed by atoms with Crippen LogP contribution < -0.4 is 10.5 Å². The third-order valence-electron chi connectivity index (χ3n) is 2.44. The Labute approximate surface area is 135 Å². The molecular formula is C13H9Br3FNO. The van der Waals surface area contributed by atoms with E-state index in [-0.39, 0.29) is 12.4 Å². The van der Waals surface area contributed by atoms with Gasteiger partial charge in [-0.1, -0.05) is 15.9 Å². The van der Waals surface area contributed by atoms with Crippen LogP contribution in [0.1, 0.15) is 5.56 Å². The van der Waals surface area contributed by atoms with Crippen molar-refractivity contribution in [3.05, 3.63) is 55.1 Å². The Hall–Kier alpha value is -0.590. The SMILES string of the molecule is Nc1ccc(F)cc1COc1c(Br)cc(Br)cc1Br. The average molecular weight is 454 g/mol. The molecule has 0 amide bonds. The molecule has 0 unspecified atom stereocenters. The molecule has 0 aliphatic heterocycles. The fourth-order valence-corrected chi connectivity index (χ4v) is 4.00. The number of benzene rings is 2. The number of nitrogen functional groups attached to an aromatic ring is 1. The average Bonchev–Trinajstić information content (AvgIpc) is 2.32. The van der Waals surface area contributed by atoms with Crippen LogP contribution in [-0.4, -0.2) is 0 Å². The molecule has 2 aromatic rings. The van der Waals surface area contributed by atoms with Crippen LogP contribution in [0.5, 0.6) is 5.75 Å². The van der Waals surface area contributed by atoms with Gasteiger partial charge >= 0.3 is 0 Å². The van der Waals surface area contributed by atoms with E-state index < -0.39 is 0 Å². The van der Waals surface area contributed by atoms with Crippen LogP contribution in [-0.2, 0) is 6.61 Å². The number of hydrogen-bond acceptors (Lipinski definition) is 2. The molecule has 2 nitrogen and oxygen atoms in total. The summed E-state index contributed by atoms with van der Waals surface area (Å²) in [7, 11) is 0. The minimum Gasteiger partial charge on any atom is -0.486 e. The van der Waals surface area contributed by atoms with Crippen molar-refractivity contribution in [1.29, 1.82) is 0 Å². The Morgan fingerprint density at radius 3 is 2.32 bits per heavy atom. The molecule has 0 aromatic heterocycles. The normalized spacial score (nSPS) is 10.5. The van der Waals surface area contributed by atoms with Crippen molar-refractivity contribution in [2.75, 3.05) is 5.73 Å². The minimum absolute atomic E-state index is 0.197. The summed E-state index contributed by atoms with van der Waals surface area (Å²) in [6.45, 7) is 0.197. The molecule has 6 heteroatoms. The van der Waals surface area contributed by atoms with E-state index in [1.165, 1.54) is 18.2 Å². The van der Waals surface area contributed by atoms with E-state index in [0.717, 1.165) is 13.4 Å². The van der Waals surface area contributed by atoms with Gasteiger partial charge < -0.3 is 10.5 Å². The van der Waals surface area contributed by atoms with Crippen molar-refractivity contribution in [3.63, 3.8) is 0 Å². The molecule has 0 saturated carbocycles. The summed E-state index contributed by atoms with van der Waals surface area (Å²) in [4.78, 5) is 0. The Bertz CT molecular complexity index is 596. The van der Waals surface area contributed by atoms with E-state index in [1.54, 1.807) is 0 Å². The maximum absolute atomic E-state index is 13.1. The Morgan fingerprint density at radius 2 is 1.68 bits per heavy atom. The van der Waals surface area contributed by atoms with Crippen LogP contribution in [0.4, 0.5) is 10.1 Å². The molecule has 2 rings (SSSR count). The molecular weight excluding hydrogens is 445 g/mol. The lowest BCUT2D eigenvalue weighted by atomic mass is 10.2. The van der Waals surface area contributed by atoms with Gasteiger partial charge in [0.15, 0.2) is 0 Å². The number of nitrogens with two attached hydrogens (primary N) is 1. The predicted molar refractivity (Wildman–Crippen MR) is 84.7 cm³/mol. The number of anilines is 1. The molecule has 0 saturated heterocycles. The lowest BCUT2D eigenvalue weighted by Crippen LogP contribution is -2.01. The van der Waals surface area contributed by atoms with E-state index in [2.05, 4.69) is 47.8 Å². The maximum atomic E-state index is 13.1. The van der Waals surface area contributed by atoms with Crippen molar-refractivity contribution >= 4 is 53.5 Å². The molecule has 2 aromatic carbocycles. The van der Waals surface area contributed by atoms with Crippen LogP contribution in [0.15, 0.2) is 43.7 Å². The molecule has 0 heterocycles. The monoisotopic (exact) mass is 451 g/mol. The van der Waals surface area contributed by atoms with Crippen molar-refractivity contribution in [2.24, 2.45) is 0 Å². The van der Waals surface area contributed by atoms with Gasteiger partial charge in [-0.15, -0.1) is 0 Å². The highest BCUT2D eigenvalue weighted by Crippen LogP contribution is 2.37. The summed E-state index contributed by atoms with van der Waals surface area (Å²) in [5.74, 6) is 0.314. The molecule has 0 spiro atoms. The zero-order valence-corrected chi connectivity index (χ0v) is 14.3. The zero-order valence-electron chi connectivity index (χ0n) is 9.59. The van der Waals surface area contributed by atoms with E-state index in [4.69, 9.17) is 10.5 Å². The molecule has 0 aliphatic rings. The van der Waals surface area contributed by atoms with Crippen LogP contribution in [0.2, 0.25) is 0 Å². The lowest BCUT2D eigenvalue weighted by Gasteiger charge is -2.12. The molecule has 0 atom stereocenters. The zero-order chi connectivity index (χ0) is 14.0. The Kier molecular flexibility index (Phi) is 4.86. The molecule has 0 radical (unpaired) electrons. The van der Waals surface area contributed by atoms with E-state index in [0.29, 0.717) is 17.0 Å². The van der Waals surface area contributed by atoms with Gasteiger partial charge in [0.2, 0.25) is 0 Å². The summed E-state index contributed by atoms with van der Waals surface area (Å²) < 4.78 is 21.3. The highest BCUT2D eigenvalue weighted by molar-refractivity contribution is 9.11.